The third-order valence-corrected chi connectivity index (χ3v) is 3.76. The summed E-state index contributed by atoms with van der Waals surface area (Å²) in [7, 11) is 0. The predicted octanol–water partition coefficient (Wildman–Crippen LogP) is 3.29. The zero-order chi connectivity index (χ0) is 16.2. The van der Waals surface area contributed by atoms with Gasteiger partial charge in [-0.15, -0.1) is 23.7 Å². The summed E-state index contributed by atoms with van der Waals surface area (Å²) in [6.45, 7) is -0.0406. The van der Waals surface area contributed by atoms with E-state index in [4.69, 9.17) is 5.73 Å². The van der Waals surface area contributed by atoms with Gasteiger partial charge in [0.25, 0.3) is 0 Å². The minimum Gasteiger partial charge on any atom is -0.350 e. The largest absolute Gasteiger partial charge is 0.434 e. The van der Waals surface area contributed by atoms with Gasteiger partial charge in [0, 0.05) is 17.8 Å². The molecule has 23 heavy (non-hydrogen) atoms. The number of alkyl halides is 3. The molecule has 4 nitrogen and oxygen atoms in total. The second-order valence-electron chi connectivity index (χ2n) is 4.62. The number of nitrogens with one attached hydrogen (secondary N) is 1. The Morgan fingerprint density at radius 3 is 2.52 bits per heavy atom. The topological polar surface area (TPSA) is 68.0 Å². The average Bonchev–Trinajstić information content (AvgIpc) is 2.95. The molecule has 0 spiro atoms. The van der Waals surface area contributed by atoms with E-state index in [2.05, 4.69) is 10.3 Å². The minimum atomic E-state index is -4.46. The Kier molecular flexibility index (Phi) is 6.99. The molecule has 9 heteroatoms. The molecule has 2 rings (SSSR count). The van der Waals surface area contributed by atoms with Gasteiger partial charge in [-0.3, -0.25) is 4.79 Å². The number of benzene rings is 1. The molecule has 1 unspecified atom stereocenters. The van der Waals surface area contributed by atoms with Crippen molar-refractivity contribution in [3.63, 3.8) is 0 Å². The van der Waals surface area contributed by atoms with E-state index in [1.807, 2.05) is 30.3 Å². The van der Waals surface area contributed by atoms with E-state index in [1.54, 1.807) is 0 Å². The Morgan fingerprint density at radius 2 is 1.96 bits per heavy atom. The van der Waals surface area contributed by atoms with E-state index in [-0.39, 0.29) is 36.3 Å². The maximum atomic E-state index is 12.4. The van der Waals surface area contributed by atoms with E-state index in [0.717, 1.165) is 22.3 Å². The average molecular weight is 366 g/mol. The first-order valence-corrected chi connectivity index (χ1v) is 7.33. The highest BCUT2D eigenvalue weighted by Gasteiger charge is 2.33. The smallest absolute Gasteiger partial charge is 0.350 e. The molecule has 1 amide bonds. The van der Waals surface area contributed by atoms with Crippen molar-refractivity contribution in [3.05, 3.63) is 52.0 Å². The lowest BCUT2D eigenvalue weighted by Gasteiger charge is -2.11. The van der Waals surface area contributed by atoms with Crippen LogP contribution in [0.15, 0.2) is 35.7 Å². The predicted molar refractivity (Wildman–Crippen MR) is 84.2 cm³/mol. The summed E-state index contributed by atoms with van der Waals surface area (Å²) in [4.78, 5) is 15.2. The second kappa shape index (κ2) is 8.28. The molecule has 0 aliphatic carbocycles. The quantitative estimate of drug-likeness (QED) is 0.854. The van der Waals surface area contributed by atoms with Gasteiger partial charge in [-0.05, 0) is 5.56 Å². The fourth-order valence-corrected chi connectivity index (χ4v) is 2.53. The molecule has 0 aliphatic rings. The van der Waals surface area contributed by atoms with Crippen molar-refractivity contribution in [1.82, 2.24) is 10.3 Å². The summed E-state index contributed by atoms with van der Waals surface area (Å²) in [5, 5.41) is 3.66. The zero-order valence-corrected chi connectivity index (χ0v) is 13.5. The van der Waals surface area contributed by atoms with Gasteiger partial charge in [-0.1, -0.05) is 30.3 Å². The number of halogens is 4. The molecule has 0 radical (unpaired) electrons. The van der Waals surface area contributed by atoms with Crippen LogP contribution in [-0.4, -0.2) is 10.9 Å². The fourth-order valence-electron chi connectivity index (χ4n) is 1.79. The second-order valence-corrected chi connectivity index (χ2v) is 5.56. The molecule has 0 fully saturated rings. The number of hydrogen-bond donors (Lipinski definition) is 2. The molecule has 1 heterocycles. The highest BCUT2D eigenvalue weighted by Crippen LogP contribution is 2.29. The summed E-state index contributed by atoms with van der Waals surface area (Å²) in [5.74, 6) is -0.333. The number of amides is 1. The lowest BCUT2D eigenvalue weighted by molar-refractivity contribution is -0.140. The molecule has 0 saturated heterocycles. The normalized spacial score (nSPS) is 12.3. The van der Waals surface area contributed by atoms with E-state index in [1.165, 1.54) is 0 Å². The van der Waals surface area contributed by atoms with Gasteiger partial charge in [0.1, 0.15) is 5.01 Å². The van der Waals surface area contributed by atoms with Crippen LogP contribution in [0, 0.1) is 0 Å². The van der Waals surface area contributed by atoms with Crippen LogP contribution >= 0.6 is 23.7 Å². The summed E-state index contributed by atoms with van der Waals surface area (Å²) in [6, 6.07) is 8.66. The first kappa shape index (κ1) is 19.4. The molecule has 1 aromatic carbocycles. The first-order chi connectivity index (χ1) is 10.4. The van der Waals surface area contributed by atoms with Gasteiger partial charge < -0.3 is 11.1 Å². The molecule has 0 bridgehead atoms. The van der Waals surface area contributed by atoms with Gasteiger partial charge in [-0.25, -0.2) is 4.98 Å². The van der Waals surface area contributed by atoms with Crippen LogP contribution in [0.25, 0.3) is 0 Å². The standard InChI is InChI=1S/C14H14F3N3OS.ClH/c15-14(16,17)11-8-22-13(20-11)7-19-12(21)6-10(18)9-4-2-1-3-5-9;/h1-5,8,10H,6-7,18H2,(H,19,21);1H. The van der Waals surface area contributed by atoms with Crippen molar-refractivity contribution in [1.29, 1.82) is 0 Å². The summed E-state index contributed by atoms with van der Waals surface area (Å²) in [5.41, 5.74) is 5.79. The van der Waals surface area contributed by atoms with Gasteiger partial charge >= 0.3 is 6.18 Å². The monoisotopic (exact) mass is 365 g/mol. The van der Waals surface area contributed by atoms with Crippen LogP contribution in [0.4, 0.5) is 13.2 Å². The van der Waals surface area contributed by atoms with Gasteiger partial charge in [-0.2, -0.15) is 13.2 Å². The Hall–Kier alpha value is -1.64. The summed E-state index contributed by atoms with van der Waals surface area (Å²) >= 11 is 0.857. The van der Waals surface area contributed by atoms with E-state index in [0.29, 0.717) is 0 Å². The van der Waals surface area contributed by atoms with Crippen molar-refractivity contribution in [2.45, 2.75) is 25.2 Å². The van der Waals surface area contributed by atoms with Crippen molar-refractivity contribution in [2.24, 2.45) is 5.73 Å². The fraction of sp³-hybridized carbons (Fsp3) is 0.286. The SMILES string of the molecule is Cl.NC(CC(=O)NCc1nc(C(F)(F)F)cs1)c1ccccc1. The first-order valence-electron chi connectivity index (χ1n) is 6.45. The lowest BCUT2D eigenvalue weighted by Crippen LogP contribution is -2.27. The number of aromatic nitrogens is 1. The number of carbonyl (C=O) groups is 1. The highest BCUT2D eigenvalue weighted by atomic mass is 35.5. The van der Waals surface area contributed by atoms with Crippen molar-refractivity contribution in [3.8, 4) is 0 Å². The molecular formula is C14H15ClF3N3OS. The third-order valence-electron chi connectivity index (χ3n) is 2.91. The Bertz CT molecular complexity index is 634. The van der Waals surface area contributed by atoms with Crippen molar-refractivity contribution < 1.29 is 18.0 Å². The minimum absolute atomic E-state index is 0. The van der Waals surface area contributed by atoms with E-state index < -0.39 is 17.9 Å². The number of thiazole rings is 1. The van der Waals surface area contributed by atoms with Crippen LogP contribution in [0.3, 0.4) is 0 Å². The molecule has 126 valence electrons. The summed E-state index contributed by atoms with van der Waals surface area (Å²) < 4.78 is 37.2. The third kappa shape index (κ3) is 5.81. The van der Waals surface area contributed by atoms with Gasteiger partial charge in [0.05, 0.1) is 6.54 Å². The van der Waals surface area contributed by atoms with Crippen LogP contribution in [-0.2, 0) is 17.5 Å². The molecule has 2 aromatic rings. The molecule has 0 aliphatic heterocycles. The van der Waals surface area contributed by atoms with Crippen LogP contribution < -0.4 is 11.1 Å². The maximum absolute atomic E-state index is 12.4. The van der Waals surface area contributed by atoms with E-state index in [9.17, 15) is 18.0 Å². The molecule has 1 aromatic heterocycles. The molecule has 3 N–H and O–H groups in total. The Balaban J connectivity index is 0.00000264. The number of carbonyl (C=O) groups excluding carboxylic acids is 1. The molecule has 0 saturated carbocycles. The lowest BCUT2D eigenvalue weighted by atomic mass is 10.0. The van der Waals surface area contributed by atoms with Crippen LogP contribution in [0.1, 0.15) is 28.7 Å². The van der Waals surface area contributed by atoms with E-state index >= 15 is 0 Å². The van der Waals surface area contributed by atoms with Gasteiger partial charge in [0.2, 0.25) is 5.91 Å². The number of hydrogen-bond acceptors (Lipinski definition) is 4. The number of rotatable bonds is 5. The zero-order valence-electron chi connectivity index (χ0n) is 11.8. The molecular weight excluding hydrogens is 351 g/mol. The van der Waals surface area contributed by atoms with Crippen LogP contribution in [0.5, 0.6) is 0 Å². The van der Waals surface area contributed by atoms with Crippen molar-refractivity contribution >= 4 is 29.7 Å². The van der Waals surface area contributed by atoms with Gasteiger partial charge in [0.15, 0.2) is 5.69 Å². The number of nitrogens with two attached hydrogens (primary N) is 1. The Labute approximate surface area is 141 Å². The number of nitrogens with zero attached hydrogens (tertiary/aromatic N) is 1. The summed E-state index contributed by atoms with van der Waals surface area (Å²) in [6.07, 6.45) is -4.41. The highest BCUT2D eigenvalue weighted by molar-refractivity contribution is 7.09. The maximum Gasteiger partial charge on any atom is 0.434 e. The van der Waals surface area contributed by atoms with Crippen LogP contribution in [0.2, 0.25) is 0 Å². The molecule has 1 atom stereocenters. The van der Waals surface area contributed by atoms with Crippen molar-refractivity contribution in [2.75, 3.05) is 0 Å². The Morgan fingerprint density at radius 1 is 1.30 bits per heavy atom.